The summed E-state index contributed by atoms with van der Waals surface area (Å²) in [5.74, 6) is 0.382. The molecule has 34 heavy (non-hydrogen) atoms. The third kappa shape index (κ3) is 4.44. The monoisotopic (exact) mass is 470 g/mol. The van der Waals surface area contributed by atoms with Crippen LogP contribution in [0.1, 0.15) is 60.7 Å². The molecular formula is C24H30N4O6. The quantitative estimate of drug-likeness (QED) is 0.590. The summed E-state index contributed by atoms with van der Waals surface area (Å²) in [5, 5.41) is 7.25. The molecule has 10 heteroatoms. The summed E-state index contributed by atoms with van der Waals surface area (Å²) in [7, 11) is 0. The van der Waals surface area contributed by atoms with Crippen molar-refractivity contribution in [3.05, 3.63) is 41.2 Å². The highest BCUT2D eigenvalue weighted by atomic mass is 16.7. The Bertz CT molecular complexity index is 1110. The Hall–Kier alpha value is -3.56. The van der Waals surface area contributed by atoms with Crippen LogP contribution < -0.4 is 14.8 Å². The molecule has 1 aromatic carbocycles. The second-order valence-electron chi connectivity index (χ2n) is 9.08. The van der Waals surface area contributed by atoms with Crippen LogP contribution >= 0.6 is 0 Å². The Morgan fingerprint density at radius 3 is 2.74 bits per heavy atom. The van der Waals surface area contributed by atoms with Gasteiger partial charge in [-0.1, -0.05) is 19.9 Å². The maximum atomic E-state index is 13.6. The van der Waals surface area contributed by atoms with Crippen LogP contribution in [-0.2, 0) is 22.6 Å². The van der Waals surface area contributed by atoms with E-state index in [0.29, 0.717) is 24.0 Å². The molecule has 0 fully saturated rings. The van der Waals surface area contributed by atoms with Gasteiger partial charge in [-0.2, -0.15) is 5.10 Å². The topological polar surface area (TPSA) is 112 Å². The Labute approximate surface area is 198 Å². The van der Waals surface area contributed by atoms with Crippen molar-refractivity contribution in [2.24, 2.45) is 5.92 Å². The van der Waals surface area contributed by atoms with Crippen molar-refractivity contribution < 1.29 is 28.6 Å². The molecule has 182 valence electrons. The first-order chi connectivity index (χ1) is 16.2. The fourth-order valence-electron chi connectivity index (χ4n) is 4.08. The normalized spacial score (nSPS) is 18.7. The number of amides is 2. The third-order valence-electron chi connectivity index (χ3n) is 6.06. The average molecular weight is 471 g/mol. The van der Waals surface area contributed by atoms with E-state index in [1.807, 2.05) is 12.1 Å². The average Bonchev–Trinajstić information content (AvgIpc) is 3.43. The molecule has 2 amide bonds. The molecule has 2 aliphatic heterocycles. The molecule has 0 radical (unpaired) electrons. The van der Waals surface area contributed by atoms with E-state index < -0.39 is 17.4 Å². The van der Waals surface area contributed by atoms with Gasteiger partial charge < -0.3 is 24.4 Å². The van der Waals surface area contributed by atoms with Crippen molar-refractivity contribution in [3.8, 4) is 11.5 Å². The molecule has 0 saturated heterocycles. The van der Waals surface area contributed by atoms with E-state index in [4.69, 9.17) is 14.2 Å². The van der Waals surface area contributed by atoms with Crippen molar-refractivity contribution in [1.29, 1.82) is 0 Å². The Balaban J connectivity index is 1.67. The molecule has 2 aliphatic rings. The molecule has 10 nitrogen and oxygen atoms in total. The number of esters is 1. The van der Waals surface area contributed by atoms with Gasteiger partial charge in [0.15, 0.2) is 17.2 Å². The lowest BCUT2D eigenvalue weighted by molar-refractivity contribution is -0.133. The number of hydrogen-bond acceptors (Lipinski definition) is 7. The Morgan fingerprint density at radius 2 is 2.00 bits per heavy atom. The number of hydrogen-bond donors (Lipinski definition) is 1. The van der Waals surface area contributed by atoms with Gasteiger partial charge in [0.1, 0.15) is 11.2 Å². The molecule has 3 heterocycles. The number of ether oxygens (including phenoxy) is 3. The number of nitrogens with one attached hydrogen (secondary N) is 1. The maximum Gasteiger partial charge on any atom is 0.358 e. The van der Waals surface area contributed by atoms with Gasteiger partial charge in [0.05, 0.1) is 13.2 Å². The van der Waals surface area contributed by atoms with Crippen molar-refractivity contribution in [3.63, 3.8) is 0 Å². The van der Waals surface area contributed by atoms with Crippen LogP contribution in [0.15, 0.2) is 24.3 Å². The summed E-state index contributed by atoms with van der Waals surface area (Å²) >= 11 is 0. The van der Waals surface area contributed by atoms with Crippen molar-refractivity contribution in [1.82, 2.24) is 20.0 Å². The third-order valence-corrected chi connectivity index (χ3v) is 6.06. The minimum Gasteiger partial charge on any atom is -0.461 e. The van der Waals surface area contributed by atoms with Gasteiger partial charge in [-0.15, -0.1) is 0 Å². The first-order valence-corrected chi connectivity index (χ1v) is 11.5. The number of carbonyl (C=O) groups excluding carboxylic acids is 3. The van der Waals surface area contributed by atoms with E-state index in [2.05, 4.69) is 24.3 Å². The lowest BCUT2D eigenvalue weighted by Crippen LogP contribution is -2.63. The van der Waals surface area contributed by atoms with E-state index >= 15 is 0 Å². The molecule has 1 aromatic heterocycles. The zero-order chi connectivity index (χ0) is 24.5. The van der Waals surface area contributed by atoms with Gasteiger partial charge in [-0.25, -0.2) is 4.79 Å². The summed E-state index contributed by atoms with van der Waals surface area (Å²) in [6, 6.07) is 6.86. The Morgan fingerprint density at radius 1 is 1.24 bits per heavy atom. The van der Waals surface area contributed by atoms with E-state index in [1.54, 1.807) is 19.9 Å². The first kappa shape index (κ1) is 23.6. The number of rotatable bonds is 8. The molecule has 1 atom stereocenters. The zero-order valence-corrected chi connectivity index (χ0v) is 19.9. The highest BCUT2D eigenvalue weighted by Crippen LogP contribution is 2.35. The molecule has 2 aromatic rings. The highest BCUT2D eigenvalue weighted by molar-refractivity contribution is 6.01. The molecule has 1 N–H and O–H groups in total. The fourth-order valence-corrected chi connectivity index (χ4v) is 4.08. The molecule has 0 unspecified atom stereocenters. The van der Waals surface area contributed by atoms with Crippen LogP contribution in [-0.4, -0.2) is 57.9 Å². The van der Waals surface area contributed by atoms with Gasteiger partial charge in [0.2, 0.25) is 12.7 Å². The van der Waals surface area contributed by atoms with Crippen molar-refractivity contribution >= 4 is 17.8 Å². The molecule has 0 aliphatic carbocycles. The van der Waals surface area contributed by atoms with Crippen molar-refractivity contribution in [2.75, 3.05) is 19.9 Å². The minimum absolute atomic E-state index is 0.0395. The van der Waals surface area contributed by atoms with Gasteiger partial charge in [-0.05, 0) is 43.9 Å². The van der Waals surface area contributed by atoms with Crippen LogP contribution in [0.2, 0.25) is 0 Å². The van der Waals surface area contributed by atoms with Gasteiger partial charge >= 0.3 is 5.97 Å². The van der Waals surface area contributed by atoms with Crippen LogP contribution in [0.3, 0.4) is 0 Å². The van der Waals surface area contributed by atoms with Crippen LogP contribution in [0.25, 0.3) is 0 Å². The number of carbonyl (C=O) groups is 3. The second-order valence-corrected chi connectivity index (χ2v) is 9.08. The van der Waals surface area contributed by atoms with Gasteiger partial charge in [0.25, 0.3) is 5.91 Å². The molecule has 0 saturated carbocycles. The van der Waals surface area contributed by atoms with E-state index in [0.717, 1.165) is 12.0 Å². The SMILES string of the molecule is CCOC(=O)c1cc2n(n1)C[C@@](C)(C(=O)NCCC(C)C)N(Cc1ccc3c(c1)OCO3)C2=O. The molecule has 4 rings (SSSR count). The zero-order valence-electron chi connectivity index (χ0n) is 19.9. The number of fused-ring (bicyclic) bond motifs is 2. The smallest absolute Gasteiger partial charge is 0.358 e. The highest BCUT2D eigenvalue weighted by Gasteiger charge is 2.48. The van der Waals surface area contributed by atoms with E-state index in [1.165, 1.54) is 15.6 Å². The predicted octanol–water partition coefficient (Wildman–Crippen LogP) is 2.37. The standard InChI is InChI=1S/C24H30N4O6/c1-5-32-22(30)17-11-18-21(29)27(12-16-6-7-19-20(10-16)34-14-33-19)24(4,13-28(18)26-17)23(31)25-9-8-15(2)3/h6-7,10-11,15H,5,8-9,12-14H2,1-4H3,(H,25,31)/t24-/m0/s1. The number of nitrogens with zero attached hydrogens (tertiary/aromatic N) is 3. The van der Waals surface area contributed by atoms with Crippen LogP contribution in [0.4, 0.5) is 0 Å². The summed E-state index contributed by atoms with van der Waals surface area (Å²) < 4.78 is 17.3. The van der Waals surface area contributed by atoms with E-state index in [-0.39, 0.29) is 43.8 Å². The predicted molar refractivity (Wildman–Crippen MR) is 121 cm³/mol. The second kappa shape index (κ2) is 9.36. The summed E-state index contributed by atoms with van der Waals surface area (Å²) in [6.07, 6.45) is 0.817. The Kier molecular flexibility index (Phi) is 6.49. The lowest BCUT2D eigenvalue weighted by Gasteiger charge is -2.43. The fraction of sp³-hybridized carbons (Fsp3) is 0.500. The maximum absolute atomic E-state index is 13.6. The first-order valence-electron chi connectivity index (χ1n) is 11.5. The van der Waals surface area contributed by atoms with E-state index in [9.17, 15) is 14.4 Å². The largest absolute Gasteiger partial charge is 0.461 e. The summed E-state index contributed by atoms with van der Waals surface area (Å²) in [4.78, 5) is 40.8. The number of benzene rings is 1. The molecular weight excluding hydrogens is 440 g/mol. The minimum atomic E-state index is -1.23. The van der Waals surface area contributed by atoms with Gasteiger partial charge in [0, 0.05) is 19.2 Å². The lowest BCUT2D eigenvalue weighted by atomic mass is 9.94. The van der Waals surface area contributed by atoms with Crippen LogP contribution in [0, 0.1) is 5.92 Å². The van der Waals surface area contributed by atoms with Gasteiger partial charge in [-0.3, -0.25) is 14.3 Å². The molecule has 0 bridgehead atoms. The number of aromatic nitrogens is 2. The summed E-state index contributed by atoms with van der Waals surface area (Å²) in [5.41, 5.74) is -0.165. The van der Waals surface area contributed by atoms with Crippen molar-refractivity contribution in [2.45, 2.75) is 52.7 Å². The summed E-state index contributed by atoms with van der Waals surface area (Å²) in [6.45, 7) is 8.69. The molecule has 0 spiro atoms. The van der Waals surface area contributed by atoms with Crippen LogP contribution in [0.5, 0.6) is 11.5 Å².